The molecule has 3 N–H and O–H groups in total. The molecule has 0 aliphatic heterocycles. The number of rotatable bonds is 4. The van der Waals surface area contributed by atoms with E-state index >= 15 is 0 Å². The van der Waals surface area contributed by atoms with Gasteiger partial charge in [-0.1, -0.05) is 70.7 Å². The predicted octanol–water partition coefficient (Wildman–Crippen LogP) is 5.89. The number of phenols is 2. The molecule has 0 saturated carbocycles. The first-order valence-corrected chi connectivity index (χ1v) is 10.8. The predicted molar refractivity (Wildman–Crippen MR) is 114 cm³/mol. The van der Waals surface area contributed by atoms with Crippen LogP contribution in [0.4, 0.5) is 0 Å². The molecule has 0 fully saturated rings. The zero-order chi connectivity index (χ0) is 21.6. The van der Waals surface area contributed by atoms with Gasteiger partial charge in [0.05, 0.1) is 15.1 Å². The summed E-state index contributed by atoms with van der Waals surface area (Å²) in [5.74, 6) is -0.936. The lowest BCUT2D eigenvalue weighted by molar-refractivity contribution is 0.439. The van der Waals surface area contributed by atoms with Crippen LogP contribution < -0.4 is 0 Å². The molecule has 0 aliphatic carbocycles. The van der Waals surface area contributed by atoms with Crippen molar-refractivity contribution in [2.45, 2.75) is 4.75 Å². The van der Waals surface area contributed by atoms with Crippen molar-refractivity contribution < 1.29 is 23.2 Å². The van der Waals surface area contributed by atoms with Crippen molar-refractivity contribution in [3.63, 3.8) is 0 Å². The second kappa shape index (κ2) is 7.87. The van der Waals surface area contributed by atoms with Crippen molar-refractivity contribution in [2.75, 3.05) is 0 Å². The van der Waals surface area contributed by atoms with E-state index < -0.39 is 20.6 Å². The summed E-state index contributed by atoms with van der Waals surface area (Å²) in [6.07, 6.45) is 0. The van der Waals surface area contributed by atoms with Crippen LogP contribution in [0.3, 0.4) is 0 Å². The molecule has 1 unspecified atom stereocenters. The Morgan fingerprint density at radius 2 is 1.45 bits per heavy atom. The van der Waals surface area contributed by atoms with Crippen LogP contribution in [0.5, 0.6) is 11.5 Å². The number of benzene rings is 3. The molecule has 5 nitrogen and oxygen atoms in total. The summed E-state index contributed by atoms with van der Waals surface area (Å²) in [5.41, 5.74) is -0.668. The Morgan fingerprint density at radius 3 is 2.07 bits per heavy atom. The van der Waals surface area contributed by atoms with Crippen molar-refractivity contribution in [1.29, 1.82) is 0 Å². The SMILES string of the molecule is O=S(=O)(O)C(c1cccc(O)c1)(c1cc(Cl)cc(Cl)c1O)c1cccc(Cl)c1Cl. The van der Waals surface area contributed by atoms with Crippen LogP contribution in [0.1, 0.15) is 16.7 Å². The molecule has 1 atom stereocenters. The Labute approximate surface area is 186 Å². The topological polar surface area (TPSA) is 94.8 Å². The molecular formula is C19H12Cl4O5S. The summed E-state index contributed by atoms with van der Waals surface area (Å²) in [7, 11) is -5.13. The standard InChI is InChI=1S/C19H12Cl4O5S/c20-11-8-14(18(25)16(22)9-11)19(29(26,27)28,10-3-1-4-12(24)7-10)13-5-2-6-15(21)17(13)23/h1-9,24-25H,(H,26,27,28). The minimum atomic E-state index is -5.13. The second-order valence-electron chi connectivity index (χ2n) is 6.09. The van der Waals surface area contributed by atoms with Crippen molar-refractivity contribution in [2.24, 2.45) is 0 Å². The quantitative estimate of drug-likeness (QED) is 0.311. The van der Waals surface area contributed by atoms with Gasteiger partial charge in [0.15, 0.2) is 4.75 Å². The van der Waals surface area contributed by atoms with Gasteiger partial charge in [0.2, 0.25) is 0 Å². The van der Waals surface area contributed by atoms with E-state index in [1.165, 1.54) is 42.5 Å². The molecule has 0 aliphatic rings. The van der Waals surface area contributed by atoms with Crippen LogP contribution in [-0.2, 0) is 14.9 Å². The Balaban J connectivity index is 2.65. The summed E-state index contributed by atoms with van der Waals surface area (Å²) in [6.45, 7) is 0. The number of phenolic OH excluding ortho intramolecular Hbond substituents is 2. The molecule has 3 rings (SSSR count). The first-order valence-electron chi connectivity index (χ1n) is 7.89. The highest BCUT2D eigenvalue weighted by Crippen LogP contribution is 2.52. The van der Waals surface area contributed by atoms with Gasteiger partial charge in [-0.2, -0.15) is 8.42 Å². The summed E-state index contributed by atoms with van der Waals surface area (Å²) < 4.78 is 33.9. The molecular weight excluding hydrogens is 482 g/mol. The Kier molecular flexibility index (Phi) is 5.98. The highest BCUT2D eigenvalue weighted by molar-refractivity contribution is 7.87. The van der Waals surface area contributed by atoms with Crippen LogP contribution in [-0.4, -0.2) is 23.2 Å². The molecule has 29 heavy (non-hydrogen) atoms. The molecule has 3 aromatic rings. The maximum Gasteiger partial charge on any atom is 0.283 e. The monoisotopic (exact) mass is 492 g/mol. The molecule has 0 saturated heterocycles. The van der Waals surface area contributed by atoms with Gasteiger partial charge in [0.25, 0.3) is 10.1 Å². The van der Waals surface area contributed by atoms with Gasteiger partial charge in [0.1, 0.15) is 11.5 Å². The van der Waals surface area contributed by atoms with Crippen LogP contribution in [0.2, 0.25) is 20.1 Å². The molecule has 152 valence electrons. The van der Waals surface area contributed by atoms with E-state index in [-0.39, 0.29) is 42.5 Å². The van der Waals surface area contributed by atoms with Crippen LogP contribution in [0.15, 0.2) is 54.6 Å². The van der Waals surface area contributed by atoms with E-state index in [9.17, 15) is 23.2 Å². The largest absolute Gasteiger partial charge is 0.508 e. The molecule has 3 aromatic carbocycles. The summed E-state index contributed by atoms with van der Waals surface area (Å²) >= 11 is 24.6. The minimum Gasteiger partial charge on any atom is -0.508 e. The fraction of sp³-hybridized carbons (Fsp3) is 0.0526. The van der Waals surface area contributed by atoms with E-state index in [1.807, 2.05) is 0 Å². The van der Waals surface area contributed by atoms with E-state index in [0.717, 1.165) is 12.1 Å². The van der Waals surface area contributed by atoms with Crippen molar-refractivity contribution >= 4 is 56.5 Å². The first-order chi connectivity index (χ1) is 13.5. The lowest BCUT2D eigenvalue weighted by Crippen LogP contribution is -2.38. The smallest absolute Gasteiger partial charge is 0.283 e. The second-order valence-corrected chi connectivity index (χ2v) is 9.28. The number of hydrogen-bond donors (Lipinski definition) is 3. The fourth-order valence-electron chi connectivity index (χ4n) is 3.22. The molecule has 0 amide bonds. The first kappa shape index (κ1) is 22.0. The van der Waals surface area contributed by atoms with Crippen molar-refractivity contribution in [3.8, 4) is 11.5 Å². The third kappa shape index (κ3) is 3.65. The Bertz CT molecular complexity index is 1210. The van der Waals surface area contributed by atoms with Crippen molar-refractivity contribution in [3.05, 3.63) is 91.4 Å². The lowest BCUT2D eigenvalue weighted by atomic mass is 9.83. The van der Waals surface area contributed by atoms with E-state index in [4.69, 9.17) is 46.4 Å². The fourth-order valence-corrected chi connectivity index (χ4v) is 5.52. The molecule has 0 aromatic heterocycles. The van der Waals surface area contributed by atoms with E-state index in [2.05, 4.69) is 0 Å². The average Bonchev–Trinajstić information content (AvgIpc) is 2.62. The molecule has 10 heteroatoms. The minimum absolute atomic E-state index is 0.00459. The van der Waals surface area contributed by atoms with Crippen LogP contribution in [0.25, 0.3) is 0 Å². The highest BCUT2D eigenvalue weighted by atomic mass is 35.5. The summed E-state index contributed by atoms with van der Waals surface area (Å²) in [6, 6.07) is 11.6. The van der Waals surface area contributed by atoms with E-state index in [0.29, 0.717) is 0 Å². The lowest BCUT2D eigenvalue weighted by Gasteiger charge is -2.34. The van der Waals surface area contributed by atoms with Gasteiger partial charge in [-0.25, -0.2) is 0 Å². The summed E-state index contributed by atoms with van der Waals surface area (Å²) in [4.78, 5) is 0. The normalized spacial score (nSPS) is 13.8. The van der Waals surface area contributed by atoms with Gasteiger partial charge in [-0.15, -0.1) is 0 Å². The van der Waals surface area contributed by atoms with Gasteiger partial charge in [-0.3, -0.25) is 4.55 Å². The molecule has 0 spiro atoms. The highest BCUT2D eigenvalue weighted by Gasteiger charge is 2.52. The molecule has 0 radical (unpaired) electrons. The average molecular weight is 494 g/mol. The number of halogens is 4. The van der Waals surface area contributed by atoms with Gasteiger partial charge < -0.3 is 10.2 Å². The number of aromatic hydroxyl groups is 2. The number of hydrogen-bond acceptors (Lipinski definition) is 4. The Morgan fingerprint density at radius 1 is 0.793 bits per heavy atom. The zero-order valence-corrected chi connectivity index (χ0v) is 18.1. The van der Waals surface area contributed by atoms with Gasteiger partial charge in [-0.05, 0) is 35.9 Å². The zero-order valence-electron chi connectivity index (χ0n) is 14.3. The van der Waals surface area contributed by atoms with Gasteiger partial charge >= 0.3 is 0 Å². The van der Waals surface area contributed by atoms with Crippen LogP contribution >= 0.6 is 46.4 Å². The van der Waals surface area contributed by atoms with Crippen LogP contribution in [0, 0.1) is 0 Å². The molecule has 0 heterocycles. The molecule has 0 bridgehead atoms. The third-order valence-corrected chi connectivity index (χ3v) is 7.15. The third-order valence-electron chi connectivity index (χ3n) is 4.38. The van der Waals surface area contributed by atoms with Gasteiger partial charge in [0, 0.05) is 16.1 Å². The summed E-state index contributed by atoms with van der Waals surface area (Å²) in [5, 5.41) is 20.2. The Hall–Kier alpha value is -1.67. The van der Waals surface area contributed by atoms with Crippen molar-refractivity contribution in [1.82, 2.24) is 0 Å². The maximum atomic E-state index is 13.0. The van der Waals surface area contributed by atoms with E-state index in [1.54, 1.807) is 0 Å². The maximum absolute atomic E-state index is 13.0.